The zero-order chi connectivity index (χ0) is 25.6. The number of benzene rings is 2. The third-order valence-corrected chi connectivity index (χ3v) is 5.19. The Morgan fingerprint density at radius 2 is 1.51 bits per heavy atom. The lowest BCUT2D eigenvalue weighted by Crippen LogP contribution is -2.06. The summed E-state index contributed by atoms with van der Waals surface area (Å²) in [4.78, 5) is 11.3. The molecule has 0 saturated heterocycles. The van der Waals surface area contributed by atoms with Crippen LogP contribution in [0.1, 0.15) is 43.7 Å². The van der Waals surface area contributed by atoms with Crippen molar-refractivity contribution in [1.82, 2.24) is 0 Å². The van der Waals surface area contributed by atoms with Crippen LogP contribution in [0.5, 0.6) is 23.0 Å². The van der Waals surface area contributed by atoms with Gasteiger partial charge in [0.25, 0.3) is 0 Å². The molecule has 0 aliphatic heterocycles. The molecule has 0 unspecified atom stereocenters. The SMILES string of the molecule is C=C(C)C(=O)OCCCCCCOc1ccc(C=C(C#N)c2ccc(OC)c(OC)c2)cc1OC. The van der Waals surface area contributed by atoms with Gasteiger partial charge in [0, 0.05) is 5.57 Å². The minimum Gasteiger partial charge on any atom is -0.493 e. The molecular formula is C28H33NO6. The number of ether oxygens (including phenoxy) is 5. The smallest absolute Gasteiger partial charge is 0.333 e. The van der Waals surface area contributed by atoms with Gasteiger partial charge < -0.3 is 23.7 Å². The van der Waals surface area contributed by atoms with Crippen molar-refractivity contribution < 1.29 is 28.5 Å². The van der Waals surface area contributed by atoms with E-state index in [9.17, 15) is 10.1 Å². The van der Waals surface area contributed by atoms with Crippen LogP contribution in [-0.4, -0.2) is 40.5 Å². The molecule has 0 aliphatic rings. The van der Waals surface area contributed by atoms with Gasteiger partial charge in [0.05, 0.1) is 46.2 Å². The predicted octanol–water partition coefficient (Wildman–Crippen LogP) is 5.84. The highest BCUT2D eigenvalue weighted by Crippen LogP contribution is 2.33. The number of carbonyl (C=O) groups excluding carboxylic acids is 1. The van der Waals surface area contributed by atoms with Crippen molar-refractivity contribution in [2.45, 2.75) is 32.6 Å². The summed E-state index contributed by atoms with van der Waals surface area (Å²) in [6.07, 6.45) is 5.38. The first-order valence-corrected chi connectivity index (χ1v) is 11.4. The van der Waals surface area contributed by atoms with Crippen LogP contribution in [0.4, 0.5) is 0 Å². The van der Waals surface area contributed by atoms with E-state index in [1.165, 1.54) is 0 Å². The highest BCUT2D eigenvalue weighted by molar-refractivity contribution is 5.90. The summed E-state index contributed by atoms with van der Waals surface area (Å²) in [6.45, 7) is 6.15. The van der Waals surface area contributed by atoms with E-state index in [2.05, 4.69) is 12.6 Å². The molecule has 7 heteroatoms. The predicted molar refractivity (Wildman–Crippen MR) is 136 cm³/mol. The van der Waals surface area contributed by atoms with E-state index < -0.39 is 0 Å². The molecule has 2 aromatic carbocycles. The summed E-state index contributed by atoms with van der Waals surface area (Å²) in [7, 11) is 4.71. The molecule has 0 atom stereocenters. The molecule has 0 N–H and O–H groups in total. The van der Waals surface area contributed by atoms with Crippen molar-refractivity contribution in [3.63, 3.8) is 0 Å². The fourth-order valence-corrected chi connectivity index (χ4v) is 3.27. The Morgan fingerprint density at radius 3 is 2.14 bits per heavy atom. The minimum atomic E-state index is -0.343. The van der Waals surface area contributed by atoms with Gasteiger partial charge in [0.15, 0.2) is 23.0 Å². The van der Waals surface area contributed by atoms with Crippen LogP contribution in [0.2, 0.25) is 0 Å². The molecule has 0 spiro atoms. The molecule has 35 heavy (non-hydrogen) atoms. The Labute approximate surface area is 207 Å². The van der Waals surface area contributed by atoms with Crippen LogP contribution >= 0.6 is 0 Å². The van der Waals surface area contributed by atoms with Crippen LogP contribution < -0.4 is 18.9 Å². The van der Waals surface area contributed by atoms with Crippen molar-refractivity contribution in [1.29, 1.82) is 5.26 Å². The number of hydrogen-bond acceptors (Lipinski definition) is 7. The number of methoxy groups -OCH3 is 3. The molecule has 2 aromatic rings. The summed E-state index contributed by atoms with van der Waals surface area (Å²) in [6, 6.07) is 13.2. The molecule has 0 bridgehead atoms. The Hall–Kier alpha value is -3.92. The van der Waals surface area contributed by atoms with Crippen LogP contribution in [-0.2, 0) is 9.53 Å². The molecule has 186 valence electrons. The fraction of sp³-hybridized carbons (Fsp3) is 0.357. The molecule has 0 heterocycles. The van der Waals surface area contributed by atoms with Crippen LogP contribution in [0.25, 0.3) is 11.6 Å². The number of nitrogens with zero attached hydrogens (tertiary/aromatic N) is 1. The van der Waals surface area contributed by atoms with Gasteiger partial charge in [-0.3, -0.25) is 0 Å². The Kier molecular flexibility index (Phi) is 11.2. The molecule has 0 radical (unpaired) electrons. The van der Waals surface area contributed by atoms with Crippen molar-refractivity contribution in [2.75, 3.05) is 34.5 Å². The quantitative estimate of drug-likeness (QED) is 0.111. The number of nitriles is 1. The summed E-state index contributed by atoms with van der Waals surface area (Å²) in [5.41, 5.74) is 2.43. The Bertz CT molecular complexity index is 1080. The molecule has 0 fully saturated rings. The van der Waals surface area contributed by atoms with E-state index in [0.717, 1.165) is 36.8 Å². The lowest BCUT2D eigenvalue weighted by atomic mass is 10.0. The summed E-state index contributed by atoms with van der Waals surface area (Å²) in [5, 5.41) is 9.71. The Balaban J connectivity index is 1.94. The molecular weight excluding hydrogens is 446 g/mol. The summed E-state index contributed by atoms with van der Waals surface area (Å²) < 4.78 is 27.1. The van der Waals surface area contributed by atoms with Gasteiger partial charge in [-0.05, 0) is 80.1 Å². The lowest BCUT2D eigenvalue weighted by molar-refractivity contribution is -0.139. The van der Waals surface area contributed by atoms with Gasteiger partial charge in [-0.25, -0.2) is 4.79 Å². The van der Waals surface area contributed by atoms with E-state index in [1.54, 1.807) is 46.5 Å². The normalized spacial score (nSPS) is 10.8. The van der Waals surface area contributed by atoms with E-state index >= 15 is 0 Å². The highest BCUT2D eigenvalue weighted by Gasteiger charge is 2.10. The number of hydrogen-bond donors (Lipinski definition) is 0. The van der Waals surface area contributed by atoms with Gasteiger partial charge in [-0.2, -0.15) is 5.26 Å². The molecule has 0 amide bonds. The van der Waals surface area contributed by atoms with Gasteiger partial charge in [0.2, 0.25) is 0 Å². The van der Waals surface area contributed by atoms with E-state index in [1.807, 2.05) is 24.3 Å². The second kappa shape index (κ2) is 14.4. The van der Waals surface area contributed by atoms with Gasteiger partial charge in [-0.15, -0.1) is 0 Å². The molecule has 0 saturated carbocycles. The number of rotatable bonds is 14. The average Bonchev–Trinajstić information content (AvgIpc) is 2.88. The second-order valence-electron chi connectivity index (χ2n) is 7.83. The zero-order valence-electron chi connectivity index (χ0n) is 20.9. The van der Waals surface area contributed by atoms with Crippen LogP contribution in [0.15, 0.2) is 48.6 Å². The van der Waals surface area contributed by atoms with Crippen molar-refractivity contribution in [3.8, 4) is 29.1 Å². The van der Waals surface area contributed by atoms with Crippen LogP contribution in [0.3, 0.4) is 0 Å². The monoisotopic (exact) mass is 479 g/mol. The van der Waals surface area contributed by atoms with Crippen molar-refractivity contribution in [2.24, 2.45) is 0 Å². The minimum absolute atomic E-state index is 0.343. The summed E-state index contributed by atoms with van der Waals surface area (Å²) in [5.74, 6) is 2.05. The molecule has 0 aromatic heterocycles. The summed E-state index contributed by atoms with van der Waals surface area (Å²) >= 11 is 0. The maximum atomic E-state index is 11.3. The largest absolute Gasteiger partial charge is 0.493 e. The number of carbonyl (C=O) groups is 1. The van der Waals surface area contributed by atoms with E-state index in [4.69, 9.17) is 23.7 Å². The number of allylic oxidation sites excluding steroid dienone is 1. The van der Waals surface area contributed by atoms with Crippen molar-refractivity contribution in [3.05, 3.63) is 59.7 Å². The molecule has 7 nitrogen and oxygen atoms in total. The first-order chi connectivity index (χ1) is 16.9. The third kappa shape index (κ3) is 8.42. The number of unbranched alkanes of at least 4 members (excludes halogenated alkanes) is 3. The second-order valence-corrected chi connectivity index (χ2v) is 7.83. The van der Waals surface area contributed by atoms with Gasteiger partial charge in [-0.1, -0.05) is 12.6 Å². The average molecular weight is 480 g/mol. The molecule has 2 rings (SSSR count). The molecule has 0 aliphatic carbocycles. The van der Waals surface area contributed by atoms with Gasteiger partial charge >= 0.3 is 5.97 Å². The number of esters is 1. The third-order valence-electron chi connectivity index (χ3n) is 5.19. The maximum Gasteiger partial charge on any atom is 0.333 e. The highest BCUT2D eigenvalue weighted by atomic mass is 16.5. The first-order valence-electron chi connectivity index (χ1n) is 11.4. The van der Waals surface area contributed by atoms with Crippen molar-refractivity contribution >= 4 is 17.6 Å². The maximum absolute atomic E-state index is 11.3. The fourth-order valence-electron chi connectivity index (χ4n) is 3.27. The topological polar surface area (TPSA) is 87.0 Å². The van der Waals surface area contributed by atoms with Gasteiger partial charge in [0.1, 0.15) is 0 Å². The lowest BCUT2D eigenvalue weighted by Gasteiger charge is -2.12. The Morgan fingerprint density at radius 1 is 0.886 bits per heavy atom. The van der Waals surface area contributed by atoms with E-state index in [0.29, 0.717) is 47.4 Å². The zero-order valence-corrected chi connectivity index (χ0v) is 20.9. The first kappa shape index (κ1) is 27.3. The van der Waals surface area contributed by atoms with Crippen LogP contribution in [0, 0.1) is 11.3 Å². The standard InChI is InChI=1S/C28H33NO6/c1-20(2)28(30)35-15-9-7-6-8-14-34-25-12-10-21(17-26(25)32-4)16-23(19-29)22-11-13-24(31-3)27(18-22)33-5/h10-13,16-18H,1,6-9,14-15H2,2-5H3. The van der Waals surface area contributed by atoms with E-state index in [-0.39, 0.29) is 5.97 Å².